The van der Waals surface area contributed by atoms with Crippen LogP contribution < -0.4 is 5.32 Å². The number of nitrogens with one attached hydrogen (secondary N) is 1. The number of thiocarbonyl (C=S) groups is 1. The van der Waals surface area contributed by atoms with Gasteiger partial charge in [0.15, 0.2) is 0 Å². The molecule has 0 unspecified atom stereocenters. The largest absolute Gasteiger partial charge is 0.508 e. The summed E-state index contributed by atoms with van der Waals surface area (Å²) >= 11 is 6.78. The summed E-state index contributed by atoms with van der Waals surface area (Å²) in [5.74, 6) is 0.0363. The number of unbranched alkanes of at least 4 members (excludes halogenated alkanes) is 2. The Hall–Kier alpha value is -3.42. The summed E-state index contributed by atoms with van der Waals surface area (Å²) in [4.78, 5) is 27.2. The molecule has 4 rings (SSSR count). The van der Waals surface area contributed by atoms with Gasteiger partial charge < -0.3 is 10.4 Å². The van der Waals surface area contributed by atoms with Crippen molar-refractivity contribution in [3.05, 3.63) is 89.3 Å². The summed E-state index contributed by atoms with van der Waals surface area (Å²) < 4.78 is 0.576. The molecule has 0 radical (unpaired) electrons. The fourth-order valence-electron chi connectivity index (χ4n) is 3.75. The SMILES string of the molecule is O=C(CCCCCN1C(=O)/C(=C/c2ccc(-c3ccccc3)cc2)SC1=S)Nc1ccc(O)cc1. The molecular weight excluding hydrogens is 476 g/mol. The van der Waals surface area contributed by atoms with E-state index in [4.69, 9.17) is 12.2 Å². The van der Waals surface area contributed by atoms with Crippen molar-refractivity contribution in [2.75, 3.05) is 11.9 Å². The monoisotopic (exact) mass is 502 g/mol. The van der Waals surface area contributed by atoms with Crippen molar-refractivity contribution < 1.29 is 14.7 Å². The summed E-state index contributed by atoms with van der Waals surface area (Å²) in [6.07, 6.45) is 4.61. The molecule has 1 aliphatic heterocycles. The minimum absolute atomic E-state index is 0.0581. The first-order valence-corrected chi connectivity index (χ1v) is 12.7. The highest BCUT2D eigenvalue weighted by Crippen LogP contribution is 2.33. The van der Waals surface area contributed by atoms with Gasteiger partial charge in [0.05, 0.1) is 4.91 Å². The minimum Gasteiger partial charge on any atom is -0.508 e. The standard InChI is InChI=1S/C28H26N2O3S2/c31-24-16-14-23(15-17-24)29-26(32)9-5-2-6-18-30-27(33)25(35-28(30)34)19-20-10-12-22(13-11-20)21-7-3-1-4-8-21/h1,3-4,7-8,10-17,19,31H,2,5-6,9,18H2,(H,29,32)/b25-19-. The van der Waals surface area contributed by atoms with E-state index in [-0.39, 0.29) is 17.6 Å². The first-order chi connectivity index (χ1) is 17.0. The van der Waals surface area contributed by atoms with Crippen LogP contribution in [0.25, 0.3) is 17.2 Å². The van der Waals surface area contributed by atoms with Gasteiger partial charge in [-0.25, -0.2) is 0 Å². The number of thioether (sulfide) groups is 1. The molecule has 1 fully saturated rings. The van der Waals surface area contributed by atoms with E-state index in [1.807, 2.05) is 36.4 Å². The van der Waals surface area contributed by atoms with Crippen molar-refractivity contribution >= 4 is 51.9 Å². The number of nitrogens with zero attached hydrogens (tertiary/aromatic N) is 1. The van der Waals surface area contributed by atoms with Crippen molar-refractivity contribution in [1.82, 2.24) is 4.90 Å². The van der Waals surface area contributed by atoms with E-state index in [0.717, 1.165) is 36.0 Å². The predicted octanol–water partition coefficient (Wildman–Crippen LogP) is 6.46. The molecule has 1 aliphatic rings. The van der Waals surface area contributed by atoms with Crippen LogP contribution in [0, 0.1) is 0 Å². The number of rotatable bonds is 9. The van der Waals surface area contributed by atoms with Crippen LogP contribution in [-0.4, -0.2) is 32.7 Å². The van der Waals surface area contributed by atoms with E-state index in [1.54, 1.807) is 17.0 Å². The fourth-order valence-corrected chi connectivity index (χ4v) is 5.06. The van der Waals surface area contributed by atoms with Crippen molar-refractivity contribution in [2.24, 2.45) is 0 Å². The normalized spacial score (nSPS) is 14.5. The lowest BCUT2D eigenvalue weighted by Crippen LogP contribution is -2.29. The van der Waals surface area contributed by atoms with Crippen molar-refractivity contribution in [2.45, 2.75) is 25.7 Å². The van der Waals surface area contributed by atoms with E-state index >= 15 is 0 Å². The van der Waals surface area contributed by atoms with Gasteiger partial charge in [0.25, 0.3) is 5.91 Å². The third-order valence-corrected chi connectivity index (χ3v) is 7.00. The maximum Gasteiger partial charge on any atom is 0.266 e. The Morgan fingerprint density at radius 1 is 0.914 bits per heavy atom. The van der Waals surface area contributed by atoms with Crippen molar-refractivity contribution in [3.8, 4) is 16.9 Å². The third kappa shape index (κ3) is 6.81. The molecule has 0 bridgehead atoms. The highest BCUT2D eigenvalue weighted by molar-refractivity contribution is 8.26. The molecule has 2 amide bonds. The molecular formula is C28H26N2O3S2. The summed E-state index contributed by atoms with van der Waals surface area (Å²) in [6.45, 7) is 0.550. The quantitative estimate of drug-likeness (QED) is 0.152. The van der Waals surface area contributed by atoms with Gasteiger partial charge in [-0.3, -0.25) is 14.5 Å². The Morgan fingerprint density at radius 2 is 1.60 bits per heavy atom. The number of phenolic OH excluding ortho intramolecular Hbond substituents is 1. The second kappa shape index (κ2) is 11.8. The molecule has 0 aromatic heterocycles. The summed E-state index contributed by atoms with van der Waals surface area (Å²) in [5, 5.41) is 12.1. The predicted molar refractivity (Wildman–Crippen MR) is 147 cm³/mol. The number of phenols is 1. The molecule has 7 heteroatoms. The van der Waals surface area contributed by atoms with Gasteiger partial charge in [-0.1, -0.05) is 85.0 Å². The first kappa shape index (κ1) is 24.7. The van der Waals surface area contributed by atoms with Crippen LogP contribution in [0.4, 0.5) is 5.69 Å². The summed E-state index contributed by atoms with van der Waals surface area (Å²) in [7, 11) is 0. The summed E-state index contributed by atoms with van der Waals surface area (Å²) in [5.41, 5.74) is 3.91. The maximum atomic E-state index is 12.9. The van der Waals surface area contributed by atoms with Gasteiger partial charge in [0.2, 0.25) is 5.91 Å². The molecule has 2 N–H and O–H groups in total. The second-order valence-electron chi connectivity index (χ2n) is 8.23. The molecule has 3 aromatic carbocycles. The summed E-state index contributed by atoms with van der Waals surface area (Å²) in [6, 6.07) is 24.7. The van der Waals surface area contributed by atoms with Crippen LogP contribution in [-0.2, 0) is 9.59 Å². The first-order valence-electron chi connectivity index (χ1n) is 11.5. The van der Waals surface area contributed by atoms with Gasteiger partial charge in [-0.15, -0.1) is 0 Å². The number of carbonyl (C=O) groups excluding carboxylic acids is 2. The molecule has 0 atom stereocenters. The van der Waals surface area contributed by atoms with Crippen LogP contribution in [0.3, 0.4) is 0 Å². The number of benzene rings is 3. The zero-order chi connectivity index (χ0) is 24.6. The van der Waals surface area contributed by atoms with Crippen LogP contribution in [0.2, 0.25) is 0 Å². The fraction of sp³-hybridized carbons (Fsp3) is 0.179. The number of carbonyl (C=O) groups is 2. The van der Waals surface area contributed by atoms with E-state index in [2.05, 4.69) is 29.6 Å². The molecule has 1 saturated heterocycles. The van der Waals surface area contributed by atoms with Crippen LogP contribution in [0.1, 0.15) is 31.2 Å². The topological polar surface area (TPSA) is 69.6 Å². The van der Waals surface area contributed by atoms with Gasteiger partial charge in [-0.05, 0) is 59.9 Å². The number of hydrogen-bond donors (Lipinski definition) is 2. The Balaban J connectivity index is 1.23. The Kier molecular flexibility index (Phi) is 8.34. The highest BCUT2D eigenvalue weighted by Gasteiger charge is 2.31. The Morgan fingerprint density at radius 3 is 2.31 bits per heavy atom. The Bertz CT molecular complexity index is 1220. The number of anilines is 1. The molecule has 35 heavy (non-hydrogen) atoms. The molecule has 0 saturated carbocycles. The molecule has 178 valence electrons. The minimum atomic E-state index is -0.0671. The van der Waals surface area contributed by atoms with Crippen LogP contribution in [0.5, 0.6) is 5.75 Å². The zero-order valence-electron chi connectivity index (χ0n) is 19.1. The lowest BCUT2D eigenvalue weighted by Gasteiger charge is -2.14. The average Bonchev–Trinajstić information content (AvgIpc) is 3.13. The Labute approximate surface area is 214 Å². The van der Waals surface area contributed by atoms with E-state index in [9.17, 15) is 14.7 Å². The second-order valence-corrected chi connectivity index (χ2v) is 9.90. The zero-order valence-corrected chi connectivity index (χ0v) is 20.8. The van der Waals surface area contributed by atoms with Crippen molar-refractivity contribution in [1.29, 1.82) is 0 Å². The number of aromatic hydroxyl groups is 1. The van der Waals surface area contributed by atoms with Gasteiger partial charge >= 0.3 is 0 Å². The van der Waals surface area contributed by atoms with Gasteiger partial charge in [0.1, 0.15) is 10.1 Å². The lowest BCUT2D eigenvalue weighted by molar-refractivity contribution is -0.122. The molecule has 0 aliphatic carbocycles. The average molecular weight is 503 g/mol. The van der Waals surface area contributed by atoms with E-state index in [1.165, 1.54) is 23.9 Å². The molecule has 3 aromatic rings. The van der Waals surface area contributed by atoms with E-state index < -0.39 is 0 Å². The van der Waals surface area contributed by atoms with Crippen molar-refractivity contribution in [3.63, 3.8) is 0 Å². The van der Waals surface area contributed by atoms with Crippen LogP contribution >= 0.6 is 24.0 Å². The lowest BCUT2D eigenvalue weighted by atomic mass is 10.0. The van der Waals surface area contributed by atoms with Gasteiger partial charge in [0, 0.05) is 18.7 Å². The molecule has 5 nitrogen and oxygen atoms in total. The molecule has 0 spiro atoms. The highest BCUT2D eigenvalue weighted by atomic mass is 32.2. The molecule has 1 heterocycles. The van der Waals surface area contributed by atoms with Gasteiger partial charge in [-0.2, -0.15) is 0 Å². The maximum absolute atomic E-state index is 12.9. The number of amides is 2. The smallest absolute Gasteiger partial charge is 0.266 e. The van der Waals surface area contributed by atoms with Crippen LogP contribution in [0.15, 0.2) is 83.8 Å². The number of hydrogen-bond acceptors (Lipinski definition) is 5. The third-order valence-electron chi connectivity index (χ3n) is 5.63. The van der Waals surface area contributed by atoms with E-state index in [0.29, 0.717) is 27.9 Å².